The van der Waals surface area contributed by atoms with Gasteiger partial charge in [-0.2, -0.15) is 0 Å². The number of anilines is 1. The van der Waals surface area contributed by atoms with Crippen molar-refractivity contribution in [2.24, 2.45) is 0 Å². The van der Waals surface area contributed by atoms with Crippen LogP contribution < -0.4 is 10.9 Å². The molecule has 0 radical (unpaired) electrons. The van der Waals surface area contributed by atoms with Crippen LogP contribution in [0.2, 0.25) is 0 Å². The first kappa shape index (κ1) is 23.9. The molecule has 4 heterocycles. The Morgan fingerprint density at radius 2 is 2.24 bits per heavy atom. The van der Waals surface area contributed by atoms with Crippen LogP contribution in [-0.2, 0) is 14.3 Å². The Kier molecular flexibility index (Phi) is 7.79. The van der Waals surface area contributed by atoms with Crippen LogP contribution in [0, 0.1) is 6.92 Å². The van der Waals surface area contributed by atoms with Gasteiger partial charge in [-0.1, -0.05) is 30.0 Å². The molecule has 33 heavy (non-hydrogen) atoms. The van der Waals surface area contributed by atoms with Crippen LogP contribution >= 0.6 is 24.0 Å². The first-order valence-corrected chi connectivity index (χ1v) is 12.4. The molecule has 2 aromatic heterocycles. The van der Waals surface area contributed by atoms with E-state index in [0.717, 1.165) is 25.0 Å². The number of ether oxygens (including phenoxy) is 2. The van der Waals surface area contributed by atoms with Crippen molar-refractivity contribution in [1.29, 1.82) is 0 Å². The van der Waals surface area contributed by atoms with Crippen molar-refractivity contribution in [1.82, 2.24) is 14.3 Å². The van der Waals surface area contributed by atoms with Crippen molar-refractivity contribution in [3.8, 4) is 0 Å². The smallest absolute Gasteiger partial charge is 0.267 e. The summed E-state index contributed by atoms with van der Waals surface area (Å²) in [7, 11) is 0. The van der Waals surface area contributed by atoms with Crippen LogP contribution in [-0.4, -0.2) is 63.5 Å². The third kappa shape index (κ3) is 5.46. The largest absolute Gasteiger partial charge is 0.382 e. The summed E-state index contributed by atoms with van der Waals surface area (Å²) in [4.78, 5) is 33.1. The molecule has 2 fully saturated rings. The monoisotopic (exact) mass is 488 g/mol. The number of thioether (sulfide) groups is 1. The van der Waals surface area contributed by atoms with Gasteiger partial charge in [0.2, 0.25) is 0 Å². The lowest BCUT2D eigenvalue weighted by Gasteiger charge is -2.15. The summed E-state index contributed by atoms with van der Waals surface area (Å²) in [5.74, 6) is 0.251. The number of amides is 1. The summed E-state index contributed by atoms with van der Waals surface area (Å²) >= 11 is 6.64. The minimum Gasteiger partial charge on any atom is -0.382 e. The van der Waals surface area contributed by atoms with Gasteiger partial charge in [-0.15, -0.1) is 0 Å². The fraction of sp³-hybridized carbons (Fsp3) is 0.478. The molecule has 2 saturated heterocycles. The first-order chi connectivity index (χ1) is 16.0. The Balaban J connectivity index is 1.66. The van der Waals surface area contributed by atoms with E-state index in [2.05, 4.69) is 10.3 Å². The highest BCUT2D eigenvalue weighted by Gasteiger charge is 2.32. The predicted octanol–water partition coefficient (Wildman–Crippen LogP) is 3.22. The Morgan fingerprint density at radius 3 is 3.00 bits per heavy atom. The van der Waals surface area contributed by atoms with Crippen molar-refractivity contribution in [2.45, 2.75) is 39.2 Å². The second-order valence-corrected chi connectivity index (χ2v) is 9.69. The maximum absolute atomic E-state index is 13.4. The van der Waals surface area contributed by atoms with Gasteiger partial charge in [-0.3, -0.25) is 18.9 Å². The van der Waals surface area contributed by atoms with Gasteiger partial charge in [0.05, 0.1) is 16.6 Å². The average Bonchev–Trinajstić information content (AvgIpc) is 3.41. The second-order valence-electron chi connectivity index (χ2n) is 8.01. The summed E-state index contributed by atoms with van der Waals surface area (Å²) in [5, 5.41) is 3.28. The van der Waals surface area contributed by atoms with E-state index in [-0.39, 0.29) is 17.6 Å². The normalized spacial score (nSPS) is 19.9. The Morgan fingerprint density at radius 1 is 1.39 bits per heavy atom. The van der Waals surface area contributed by atoms with E-state index in [9.17, 15) is 9.59 Å². The van der Waals surface area contributed by atoms with Crippen molar-refractivity contribution in [3.05, 3.63) is 44.7 Å². The standard InChI is InChI=1S/C23H28N4O4S2/c1-3-30-10-5-9-26-22(29)18(33-23(26)32)12-17-20(24-13-16-6-4-11-31-16)25-19-8-7-15(2)14-27(19)21(17)28/h7-8,12,14,16,24H,3-6,9-11,13H2,1-2H3/b18-12+. The molecule has 1 atom stereocenters. The molecule has 2 aliphatic rings. The number of aromatic nitrogens is 2. The minimum atomic E-state index is -0.236. The molecule has 2 aromatic rings. The van der Waals surface area contributed by atoms with Gasteiger partial charge in [0.15, 0.2) is 0 Å². The maximum atomic E-state index is 13.4. The molecule has 0 aromatic carbocycles. The number of pyridine rings is 1. The number of aryl methyl sites for hydroxylation is 1. The molecule has 8 nitrogen and oxygen atoms in total. The van der Waals surface area contributed by atoms with Crippen LogP contribution in [0.25, 0.3) is 11.7 Å². The van der Waals surface area contributed by atoms with Gasteiger partial charge in [0.25, 0.3) is 11.5 Å². The van der Waals surface area contributed by atoms with E-state index in [4.69, 9.17) is 21.7 Å². The zero-order chi connectivity index (χ0) is 23.4. The molecule has 0 bridgehead atoms. The molecular formula is C23H28N4O4S2. The van der Waals surface area contributed by atoms with E-state index < -0.39 is 0 Å². The Bertz CT molecular complexity index is 1140. The number of nitrogens with one attached hydrogen (secondary N) is 1. The molecule has 0 saturated carbocycles. The van der Waals surface area contributed by atoms with Crippen LogP contribution in [0.5, 0.6) is 0 Å². The van der Waals surface area contributed by atoms with Crippen molar-refractivity contribution >= 4 is 51.7 Å². The number of fused-ring (bicyclic) bond motifs is 1. The van der Waals surface area contributed by atoms with Crippen molar-refractivity contribution in [3.63, 3.8) is 0 Å². The molecule has 4 rings (SSSR count). The average molecular weight is 489 g/mol. The number of carbonyl (C=O) groups excluding carboxylic acids is 1. The Hall–Kier alpha value is -2.27. The number of hydrogen-bond acceptors (Lipinski definition) is 8. The first-order valence-electron chi connectivity index (χ1n) is 11.2. The van der Waals surface area contributed by atoms with Crippen LogP contribution in [0.15, 0.2) is 28.0 Å². The number of carbonyl (C=O) groups is 1. The lowest BCUT2D eigenvalue weighted by Crippen LogP contribution is -2.30. The lowest BCUT2D eigenvalue weighted by atomic mass is 10.2. The van der Waals surface area contributed by atoms with Gasteiger partial charge in [-0.25, -0.2) is 4.98 Å². The number of hydrogen-bond donors (Lipinski definition) is 1. The molecule has 1 unspecified atom stereocenters. The van der Waals surface area contributed by atoms with Crippen LogP contribution in [0.1, 0.15) is 37.3 Å². The number of rotatable bonds is 9. The van der Waals surface area contributed by atoms with Gasteiger partial charge in [0.1, 0.15) is 15.8 Å². The predicted molar refractivity (Wildman–Crippen MR) is 135 cm³/mol. The molecule has 10 heteroatoms. The van der Waals surface area contributed by atoms with Gasteiger partial charge >= 0.3 is 0 Å². The van der Waals surface area contributed by atoms with E-state index in [1.165, 1.54) is 16.2 Å². The highest BCUT2D eigenvalue weighted by Crippen LogP contribution is 2.33. The molecule has 0 aliphatic carbocycles. The SMILES string of the molecule is CCOCCCN1C(=O)/C(=C\c2c(NCC3CCCO3)nc3ccc(C)cn3c2=O)SC1=S. The van der Waals surface area contributed by atoms with Gasteiger partial charge in [0, 0.05) is 39.1 Å². The molecule has 2 aliphatic heterocycles. The topological polar surface area (TPSA) is 85.2 Å². The zero-order valence-corrected chi connectivity index (χ0v) is 20.5. The minimum absolute atomic E-state index is 0.0830. The summed E-state index contributed by atoms with van der Waals surface area (Å²) in [5.41, 5.74) is 1.59. The molecule has 0 spiro atoms. The fourth-order valence-corrected chi connectivity index (χ4v) is 5.12. The summed E-state index contributed by atoms with van der Waals surface area (Å²) < 4.78 is 13.1. The maximum Gasteiger partial charge on any atom is 0.267 e. The van der Waals surface area contributed by atoms with Gasteiger partial charge < -0.3 is 14.8 Å². The van der Waals surface area contributed by atoms with E-state index in [1.54, 1.807) is 17.2 Å². The Labute approximate surface area is 202 Å². The quantitative estimate of drug-likeness (QED) is 0.327. The highest BCUT2D eigenvalue weighted by atomic mass is 32.2. The molecule has 1 amide bonds. The second kappa shape index (κ2) is 10.8. The van der Waals surface area contributed by atoms with E-state index in [1.807, 2.05) is 26.0 Å². The molecule has 176 valence electrons. The molecule has 1 N–H and O–H groups in total. The fourth-order valence-electron chi connectivity index (χ4n) is 3.83. The van der Waals surface area contributed by atoms with Crippen LogP contribution in [0.3, 0.4) is 0 Å². The van der Waals surface area contributed by atoms with E-state index in [0.29, 0.717) is 59.0 Å². The zero-order valence-electron chi connectivity index (χ0n) is 18.8. The van der Waals surface area contributed by atoms with Crippen molar-refractivity contribution < 1.29 is 14.3 Å². The van der Waals surface area contributed by atoms with Crippen molar-refractivity contribution in [2.75, 3.05) is 38.2 Å². The summed E-state index contributed by atoms with van der Waals surface area (Å²) in [6.07, 6.45) is 6.14. The third-order valence-electron chi connectivity index (χ3n) is 5.55. The lowest BCUT2D eigenvalue weighted by molar-refractivity contribution is -0.122. The van der Waals surface area contributed by atoms with Crippen LogP contribution in [0.4, 0.5) is 5.82 Å². The highest BCUT2D eigenvalue weighted by molar-refractivity contribution is 8.26. The number of nitrogens with zero attached hydrogens (tertiary/aromatic N) is 3. The summed E-state index contributed by atoms with van der Waals surface area (Å²) in [6.45, 7) is 6.84. The summed E-state index contributed by atoms with van der Waals surface area (Å²) in [6, 6.07) is 3.73. The third-order valence-corrected chi connectivity index (χ3v) is 6.93. The molecular weight excluding hydrogens is 460 g/mol. The van der Waals surface area contributed by atoms with Gasteiger partial charge in [-0.05, 0) is 50.8 Å². The van der Waals surface area contributed by atoms with E-state index >= 15 is 0 Å². The number of thiocarbonyl (C=S) groups is 1.